The SMILES string of the molecule is C/C=C1\N(Cc2cc(OC)cc(OC)c2C)C(=O)N(CC)C12CCN(Cc1cccc(OC)c1OC)CC2. The maximum atomic E-state index is 13.8. The van der Waals surface area contributed by atoms with Crippen LogP contribution in [0.5, 0.6) is 23.0 Å². The summed E-state index contributed by atoms with van der Waals surface area (Å²) in [6.07, 6.45) is 3.87. The number of piperidine rings is 1. The van der Waals surface area contributed by atoms with Gasteiger partial charge >= 0.3 is 6.03 Å². The van der Waals surface area contributed by atoms with Gasteiger partial charge in [-0.15, -0.1) is 0 Å². The molecule has 2 aliphatic heterocycles. The van der Waals surface area contributed by atoms with Gasteiger partial charge < -0.3 is 23.8 Å². The molecule has 0 atom stereocenters. The van der Waals surface area contributed by atoms with Crippen molar-refractivity contribution in [3.05, 3.63) is 58.8 Å². The lowest BCUT2D eigenvalue weighted by Gasteiger charge is -2.44. The third-order valence-corrected chi connectivity index (χ3v) is 8.12. The standard InChI is InChI=1S/C30H41N3O5/c1-8-27-30(13-15-31(16-14-30)19-22-11-10-12-25(36-5)28(22)38-7)33(9-2)29(34)32(27)20-23-17-24(35-4)18-26(37-6)21(23)3/h8,10-12,17-18H,9,13-16,19-20H2,1-7H3/b27-8-. The molecular formula is C30H41N3O5. The molecule has 206 valence electrons. The molecule has 2 heterocycles. The normalized spacial score (nSPS) is 18.4. The van der Waals surface area contributed by atoms with Crippen LogP contribution in [-0.2, 0) is 13.1 Å². The van der Waals surface area contributed by atoms with E-state index in [1.807, 2.05) is 43.0 Å². The van der Waals surface area contributed by atoms with Crippen LogP contribution in [0.3, 0.4) is 0 Å². The van der Waals surface area contributed by atoms with Crippen LogP contribution < -0.4 is 18.9 Å². The highest BCUT2D eigenvalue weighted by atomic mass is 16.5. The average molecular weight is 524 g/mol. The number of nitrogens with zero attached hydrogens (tertiary/aromatic N) is 3. The lowest BCUT2D eigenvalue weighted by Crippen LogP contribution is -2.53. The van der Waals surface area contributed by atoms with Crippen LogP contribution in [0.2, 0.25) is 0 Å². The Balaban J connectivity index is 1.58. The van der Waals surface area contributed by atoms with E-state index in [1.165, 1.54) is 0 Å². The van der Waals surface area contributed by atoms with E-state index >= 15 is 0 Å². The van der Waals surface area contributed by atoms with Crippen molar-refractivity contribution in [2.75, 3.05) is 48.1 Å². The predicted octanol–water partition coefficient (Wildman–Crippen LogP) is 5.23. The summed E-state index contributed by atoms with van der Waals surface area (Å²) >= 11 is 0. The second-order valence-corrected chi connectivity index (χ2v) is 9.86. The van der Waals surface area contributed by atoms with E-state index in [0.717, 1.165) is 77.9 Å². The van der Waals surface area contributed by atoms with E-state index in [4.69, 9.17) is 18.9 Å². The van der Waals surface area contributed by atoms with Crippen molar-refractivity contribution in [2.24, 2.45) is 0 Å². The third-order valence-electron chi connectivity index (χ3n) is 8.12. The molecular weight excluding hydrogens is 482 g/mol. The number of hydrogen-bond donors (Lipinski definition) is 0. The number of likely N-dealkylation sites (tertiary alicyclic amines) is 1. The topological polar surface area (TPSA) is 63.7 Å². The zero-order valence-corrected chi connectivity index (χ0v) is 23.8. The molecule has 1 spiro atoms. The maximum absolute atomic E-state index is 13.8. The van der Waals surface area contributed by atoms with Gasteiger partial charge in [0.05, 0.1) is 40.5 Å². The van der Waals surface area contributed by atoms with Gasteiger partial charge in [-0.2, -0.15) is 0 Å². The predicted molar refractivity (Wildman–Crippen MR) is 148 cm³/mol. The lowest BCUT2D eigenvalue weighted by molar-refractivity contribution is 0.0885. The van der Waals surface area contributed by atoms with Crippen LogP contribution in [0.1, 0.15) is 43.4 Å². The number of carbonyl (C=O) groups is 1. The monoisotopic (exact) mass is 523 g/mol. The molecule has 0 saturated carbocycles. The Labute approximate surface area is 226 Å². The number of hydrogen-bond acceptors (Lipinski definition) is 6. The molecule has 2 saturated heterocycles. The number of urea groups is 1. The van der Waals surface area contributed by atoms with Gasteiger partial charge in [-0.25, -0.2) is 4.79 Å². The van der Waals surface area contributed by atoms with Crippen molar-refractivity contribution in [2.45, 2.75) is 52.2 Å². The van der Waals surface area contributed by atoms with Crippen molar-refractivity contribution in [3.63, 3.8) is 0 Å². The highest BCUT2D eigenvalue weighted by molar-refractivity contribution is 5.82. The van der Waals surface area contributed by atoms with E-state index < -0.39 is 0 Å². The van der Waals surface area contributed by atoms with Crippen LogP contribution in [-0.4, -0.2) is 74.3 Å². The fourth-order valence-corrected chi connectivity index (χ4v) is 6.14. The van der Waals surface area contributed by atoms with Crippen LogP contribution in [0.4, 0.5) is 4.79 Å². The molecule has 8 nitrogen and oxygen atoms in total. The van der Waals surface area contributed by atoms with Gasteiger partial charge in [0.1, 0.15) is 11.5 Å². The Hall–Kier alpha value is -3.39. The number of likely N-dealkylation sites (N-methyl/N-ethyl adjacent to an activating group) is 1. The minimum absolute atomic E-state index is 0.0599. The van der Waals surface area contributed by atoms with Crippen LogP contribution in [0.15, 0.2) is 42.1 Å². The molecule has 2 aliphatic rings. The smallest absolute Gasteiger partial charge is 0.325 e. The highest BCUT2D eigenvalue weighted by Crippen LogP contribution is 2.45. The second-order valence-electron chi connectivity index (χ2n) is 9.86. The number of rotatable bonds is 9. The van der Waals surface area contributed by atoms with Crippen molar-refractivity contribution < 1.29 is 23.7 Å². The summed E-state index contributed by atoms with van der Waals surface area (Å²) in [5.74, 6) is 3.01. The summed E-state index contributed by atoms with van der Waals surface area (Å²) in [4.78, 5) is 20.3. The van der Waals surface area contributed by atoms with Crippen molar-refractivity contribution in [3.8, 4) is 23.0 Å². The first-order valence-electron chi connectivity index (χ1n) is 13.3. The Kier molecular flexibility index (Phi) is 8.41. The Bertz CT molecular complexity index is 1190. The molecule has 2 fully saturated rings. The summed E-state index contributed by atoms with van der Waals surface area (Å²) in [5.41, 5.74) is 3.91. The minimum atomic E-state index is -0.313. The second kappa shape index (κ2) is 11.6. The molecule has 0 aromatic heterocycles. The number of benzene rings is 2. The number of amides is 2. The van der Waals surface area contributed by atoms with E-state index in [9.17, 15) is 4.79 Å². The molecule has 0 radical (unpaired) electrons. The average Bonchev–Trinajstić information content (AvgIpc) is 3.15. The summed E-state index contributed by atoms with van der Waals surface area (Å²) in [7, 11) is 6.65. The number of methoxy groups -OCH3 is 4. The van der Waals surface area contributed by atoms with E-state index in [1.54, 1.807) is 28.4 Å². The minimum Gasteiger partial charge on any atom is -0.497 e. The molecule has 38 heavy (non-hydrogen) atoms. The van der Waals surface area contributed by atoms with E-state index in [0.29, 0.717) is 13.1 Å². The molecule has 0 bridgehead atoms. The third kappa shape index (κ3) is 4.77. The molecule has 2 aromatic carbocycles. The molecule has 0 aliphatic carbocycles. The molecule has 2 aromatic rings. The first-order valence-corrected chi connectivity index (χ1v) is 13.3. The van der Waals surface area contributed by atoms with Gasteiger partial charge in [-0.05, 0) is 56.9 Å². The van der Waals surface area contributed by atoms with Gasteiger partial charge in [-0.3, -0.25) is 9.80 Å². The fourth-order valence-electron chi connectivity index (χ4n) is 6.14. The molecule has 8 heteroatoms. The first-order chi connectivity index (χ1) is 18.4. The summed E-state index contributed by atoms with van der Waals surface area (Å²) < 4.78 is 22.2. The van der Waals surface area contributed by atoms with Gasteiger partial charge in [-0.1, -0.05) is 18.2 Å². The van der Waals surface area contributed by atoms with Crippen molar-refractivity contribution in [1.29, 1.82) is 0 Å². The number of ether oxygens (including phenoxy) is 4. The summed E-state index contributed by atoms with van der Waals surface area (Å²) in [6.45, 7) is 9.81. The Morgan fingerprint density at radius 2 is 1.63 bits per heavy atom. The summed E-state index contributed by atoms with van der Waals surface area (Å²) in [6, 6.07) is 9.96. The molecule has 0 N–H and O–H groups in total. The van der Waals surface area contributed by atoms with Crippen molar-refractivity contribution >= 4 is 6.03 Å². The van der Waals surface area contributed by atoms with Gasteiger partial charge in [0.15, 0.2) is 11.5 Å². The fraction of sp³-hybridized carbons (Fsp3) is 0.500. The zero-order valence-electron chi connectivity index (χ0n) is 23.8. The van der Waals surface area contributed by atoms with Gasteiger partial charge in [0.2, 0.25) is 0 Å². The van der Waals surface area contributed by atoms with E-state index in [-0.39, 0.29) is 11.6 Å². The lowest BCUT2D eigenvalue weighted by atomic mass is 9.83. The van der Waals surface area contributed by atoms with Crippen LogP contribution >= 0.6 is 0 Å². The van der Waals surface area contributed by atoms with Gasteiger partial charge in [0, 0.05) is 43.5 Å². The quantitative estimate of drug-likeness (QED) is 0.449. The van der Waals surface area contributed by atoms with Gasteiger partial charge in [0.25, 0.3) is 0 Å². The largest absolute Gasteiger partial charge is 0.497 e. The summed E-state index contributed by atoms with van der Waals surface area (Å²) in [5, 5.41) is 0. The molecule has 0 unspecified atom stereocenters. The number of allylic oxidation sites excluding steroid dienone is 1. The Morgan fingerprint density at radius 3 is 2.21 bits per heavy atom. The van der Waals surface area contributed by atoms with Crippen LogP contribution in [0, 0.1) is 6.92 Å². The Morgan fingerprint density at radius 1 is 0.921 bits per heavy atom. The van der Waals surface area contributed by atoms with E-state index in [2.05, 4.69) is 28.9 Å². The highest BCUT2D eigenvalue weighted by Gasteiger charge is 2.53. The zero-order chi connectivity index (χ0) is 27.4. The maximum Gasteiger partial charge on any atom is 0.325 e. The number of para-hydroxylation sites is 1. The van der Waals surface area contributed by atoms with Crippen LogP contribution in [0.25, 0.3) is 0 Å². The number of carbonyl (C=O) groups excluding carboxylic acids is 1. The molecule has 4 rings (SSSR count). The van der Waals surface area contributed by atoms with Crippen molar-refractivity contribution in [1.82, 2.24) is 14.7 Å². The first kappa shape index (κ1) is 27.6. The molecule has 2 amide bonds.